The van der Waals surface area contributed by atoms with E-state index < -0.39 is 66.7 Å². The summed E-state index contributed by atoms with van der Waals surface area (Å²) in [6.07, 6.45) is 1.65. The molecule has 0 aromatic carbocycles. The number of aliphatic carboxylic acids is 5. The molecular formula is C24H53N5O11S. The molecule has 0 rings (SSSR count). The van der Waals surface area contributed by atoms with E-state index in [1.165, 1.54) is 0 Å². The summed E-state index contributed by atoms with van der Waals surface area (Å²) in [5.41, 5.74) is 25.4. The molecule has 0 aromatic heterocycles. The second-order valence-corrected chi connectivity index (χ2v) is 10.3. The zero-order chi connectivity index (χ0) is 34.0. The van der Waals surface area contributed by atoms with Gasteiger partial charge in [-0.25, -0.2) is 0 Å². The van der Waals surface area contributed by atoms with Gasteiger partial charge in [0.25, 0.3) is 0 Å². The molecular weight excluding hydrogens is 566 g/mol. The number of aliphatic hydroxyl groups is 1. The number of rotatable bonds is 13. The molecule has 0 saturated heterocycles. The summed E-state index contributed by atoms with van der Waals surface area (Å²) < 4.78 is 0. The van der Waals surface area contributed by atoms with Crippen molar-refractivity contribution in [3.8, 4) is 0 Å². The van der Waals surface area contributed by atoms with E-state index in [2.05, 4.69) is 12.6 Å². The van der Waals surface area contributed by atoms with Crippen LogP contribution < -0.4 is 28.7 Å². The highest BCUT2D eigenvalue weighted by Gasteiger charge is 2.13. The first-order valence-corrected chi connectivity index (χ1v) is 13.2. The highest BCUT2D eigenvalue weighted by atomic mass is 32.1. The van der Waals surface area contributed by atoms with Gasteiger partial charge in [-0.1, -0.05) is 41.5 Å². The van der Waals surface area contributed by atoms with Crippen LogP contribution in [0.5, 0.6) is 0 Å². The standard InChI is InChI=1S/3C6H13NO2.C3H7NO3.C3H7NO2S/c3*1-4(2)3-5(7)6(8)9;4-2(1-5)3(6)7;4-2(1-7)3(5)6/h3*4-5H,3,7H2,1-2H3,(H,8,9);2,5H,1,4H2,(H,6,7);2,7H,1,4H2,(H,5,6). The summed E-state index contributed by atoms with van der Waals surface area (Å²) in [5.74, 6) is -3.66. The fourth-order valence-corrected chi connectivity index (χ4v) is 2.14. The number of aliphatic hydroxyl groups excluding tert-OH is 1. The Morgan fingerprint density at radius 1 is 0.488 bits per heavy atom. The van der Waals surface area contributed by atoms with E-state index in [1.807, 2.05) is 41.5 Å². The molecule has 5 unspecified atom stereocenters. The van der Waals surface area contributed by atoms with E-state index in [0.717, 1.165) is 0 Å². The number of nitrogens with two attached hydrogens (primary N) is 5. The molecule has 0 fully saturated rings. The lowest BCUT2D eigenvalue weighted by Crippen LogP contribution is -2.33. The smallest absolute Gasteiger partial charge is 0.322 e. The summed E-state index contributed by atoms with van der Waals surface area (Å²) >= 11 is 3.65. The Hall–Kier alpha value is -2.54. The van der Waals surface area contributed by atoms with E-state index in [-0.39, 0.29) is 5.75 Å². The Labute approximate surface area is 247 Å². The SMILES string of the molecule is CC(C)CC(N)C(=O)O.CC(C)CC(N)C(=O)O.CC(C)CC(N)C(=O)O.NC(CO)C(=O)O.NC(CS)C(=O)O. The van der Waals surface area contributed by atoms with E-state index >= 15 is 0 Å². The van der Waals surface area contributed by atoms with Crippen molar-refractivity contribution in [3.05, 3.63) is 0 Å². The molecule has 0 heterocycles. The molecule has 0 bridgehead atoms. The quantitative estimate of drug-likeness (QED) is 0.110. The van der Waals surface area contributed by atoms with E-state index in [1.54, 1.807) is 0 Å². The van der Waals surface area contributed by atoms with Crippen molar-refractivity contribution in [3.63, 3.8) is 0 Å². The Kier molecular flexibility index (Phi) is 34.1. The maximum atomic E-state index is 10.1. The predicted octanol–water partition coefficient (Wildman–Crippen LogP) is -0.948. The van der Waals surface area contributed by atoms with Crippen LogP contribution in [0.15, 0.2) is 0 Å². The van der Waals surface area contributed by atoms with Crippen molar-refractivity contribution in [1.82, 2.24) is 0 Å². The maximum Gasteiger partial charge on any atom is 0.322 e. The van der Waals surface area contributed by atoms with Crippen LogP contribution >= 0.6 is 12.6 Å². The van der Waals surface area contributed by atoms with Gasteiger partial charge in [0.2, 0.25) is 0 Å². The van der Waals surface area contributed by atoms with Crippen LogP contribution in [-0.4, -0.2) is 103 Å². The average molecular weight is 620 g/mol. The topological polar surface area (TPSA) is 337 Å². The van der Waals surface area contributed by atoms with E-state index in [4.69, 9.17) is 59.3 Å². The van der Waals surface area contributed by atoms with Gasteiger partial charge in [0.05, 0.1) is 6.61 Å². The first-order chi connectivity index (χ1) is 18.5. The molecule has 0 saturated carbocycles. The third kappa shape index (κ3) is 42.1. The lowest BCUT2D eigenvalue weighted by molar-refractivity contribution is -0.140. The lowest BCUT2D eigenvalue weighted by Gasteiger charge is -2.07. The van der Waals surface area contributed by atoms with Crippen molar-refractivity contribution < 1.29 is 54.6 Å². The molecule has 246 valence electrons. The van der Waals surface area contributed by atoms with Crippen molar-refractivity contribution in [1.29, 1.82) is 0 Å². The molecule has 0 aliphatic rings. The van der Waals surface area contributed by atoms with Gasteiger partial charge in [0.1, 0.15) is 30.2 Å². The zero-order valence-electron chi connectivity index (χ0n) is 24.7. The number of carbonyl (C=O) groups is 5. The molecule has 0 amide bonds. The van der Waals surface area contributed by atoms with Crippen molar-refractivity contribution in [2.24, 2.45) is 46.4 Å². The first kappa shape index (κ1) is 48.2. The molecule has 5 atom stereocenters. The van der Waals surface area contributed by atoms with Gasteiger partial charge in [-0.05, 0) is 37.0 Å². The Morgan fingerprint density at radius 3 is 0.707 bits per heavy atom. The summed E-state index contributed by atoms with van der Waals surface area (Å²) in [6.45, 7) is 11.2. The maximum absolute atomic E-state index is 10.1. The number of carboxylic acid groups (broad SMARTS) is 5. The summed E-state index contributed by atoms with van der Waals surface area (Å²) in [5, 5.41) is 48.8. The van der Waals surface area contributed by atoms with Crippen molar-refractivity contribution in [2.75, 3.05) is 12.4 Å². The number of carboxylic acids is 5. The van der Waals surface area contributed by atoms with Crippen LogP contribution in [0.4, 0.5) is 0 Å². The highest BCUT2D eigenvalue weighted by Crippen LogP contribution is 2.03. The fraction of sp³-hybridized carbons (Fsp3) is 0.792. The average Bonchev–Trinajstić information content (AvgIpc) is 2.82. The highest BCUT2D eigenvalue weighted by molar-refractivity contribution is 7.80. The molecule has 0 spiro atoms. The predicted molar refractivity (Wildman–Crippen MR) is 157 cm³/mol. The zero-order valence-corrected chi connectivity index (χ0v) is 25.6. The molecule has 0 aromatic rings. The fourth-order valence-electron chi connectivity index (χ4n) is 1.98. The number of thiol groups is 1. The second kappa shape index (κ2) is 29.0. The van der Waals surface area contributed by atoms with Gasteiger partial charge < -0.3 is 59.3 Å². The van der Waals surface area contributed by atoms with Crippen LogP contribution in [0.25, 0.3) is 0 Å². The molecule has 16 N–H and O–H groups in total. The Bertz CT molecular complexity index is 646. The minimum absolute atomic E-state index is 0.190. The first-order valence-electron chi connectivity index (χ1n) is 12.6. The lowest BCUT2D eigenvalue weighted by atomic mass is 10.1. The van der Waals surface area contributed by atoms with Crippen LogP contribution in [0.3, 0.4) is 0 Å². The van der Waals surface area contributed by atoms with E-state index in [9.17, 15) is 24.0 Å². The third-order valence-corrected chi connectivity index (χ3v) is 4.55. The minimum Gasteiger partial charge on any atom is -0.480 e. The Balaban J connectivity index is -0.000000132. The van der Waals surface area contributed by atoms with Gasteiger partial charge in [-0.15, -0.1) is 0 Å². The number of hydrogen-bond acceptors (Lipinski definition) is 12. The van der Waals surface area contributed by atoms with Crippen molar-refractivity contribution >= 4 is 42.5 Å². The minimum atomic E-state index is -1.18. The second-order valence-electron chi connectivity index (χ2n) is 9.98. The van der Waals surface area contributed by atoms with E-state index in [0.29, 0.717) is 37.0 Å². The van der Waals surface area contributed by atoms with Crippen LogP contribution in [-0.2, 0) is 24.0 Å². The van der Waals surface area contributed by atoms with Crippen LogP contribution in [0.1, 0.15) is 60.8 Å². The van der Waals surface area contributed by atoms with Gasteiger partial charge in [0.15, 0.2) is 0 Å². The molecule has 41 heavy (non-hydrogen) atoms. The van der Waals surface area contributed by atoms with Gasteiger partial charge >= 0.3 is 29.8 Å². The summed E-state index contributed by atoms with van der Waals surface area (Å²) in [7, 11) is 0. The molecule has 0 aliphatic carbocycles. The third-order valence-electron chi connectivity index (χ3n) is 4.16. The molecule has 0 radical (unpaired) electrons. The summed E-state index contributed by atoms with van der Waals surface area (Å²) in [6, 6.07) is -4.01. The molecule has 16 nitrogen and oxygen atoms in total. The van der Waals surface area contributed by atoms with Crippen LogP contribution in [0.2, 0.25) is 0 Å². The van der Waals surface area contributed by atoms with Gasteiger partial charge in [-0.2, -0.15) is 12.6 Å². The molecule has 0 aliphatic heterocycles. The normalized spacial score (nSPS) is 13.7. The van der Waals surface area contributed by atoms with Gasteiger partial charge in [-0.3, -0.25) is 24.0 Å². The number of hydrogen-bond donors (Lipinski definition) is 12. The van der Waals surface area contributed by atoms with Crippen LogP contribution in [0, 0.1) is 17.8 Å². The van der Waals surface area contributed by atoms with Crippen molar-refractivity contribution in [2.45, 2.75) is 91.0 Å². The Morgan fingerprint density at radius 2 is 0.683 bits per heavy atom. The van der Waals surface area contributed by atoms with Gasteiger partial charge in [0, 0.05) is 5.75 Å². The summed E-state index contributed by atoms with van der Waals surface area (Å²) in [4.78, 5) is 49.7. The molecule has 17 heteroatoms. The largest absolute Gasteiger partial charge is 0.480 e. The monoisotopic (exact) mass is 619 g/mol.